The Labute approximate surface area is 152 Å². The number of hydrogen-bond acceptors (Lipinski definition) is 7. The number of aromatic nitrogens is 2. The molecule has 2 aliphatic heterocycles. The van der Waals surface area contributed by atoms with E-state index in [4.69, 9.17) is 4.74 Å². The van der Waals surface area contributed by atoms with Gasteiger partial charge in [-0.2, -0.15) is 0 Å². The third kappa shape index (κ3) is 2.86. The maximum Gasteiger partial charge on any atom is 0.356 e. The van der Waals surface area contributed by atoms with E-state index in [0.717, 1.165) is 11.9 Å². The Hall–Kier alpha value is -2.14. The Morgan fingerprint density at radius 1 is 1.52 bits per heavy atom. The molecular formula is C14H16N4O5S2. The number of amides is 2. The zero-order valence-corrected chi connectivity index (χ0v) is 15.3. The molecule has 0 spiro atoms. The second kappa shape index (κ2) is 6.64. The van der Waals surface area contributed by atoms with Crippen molar-refractivity contribution in [3.05, 3.63) is 23.8 Å². The van der Waals surface area contributed by atoms with Gasteiger partial charge in [0.1, 0.15) is 11.1 Å². The van der Waals surface area contributed by atoms with E-state index in [2.05, 4.69) is 4.98 Å². The van der Waals surface area contributed by atoms with Crippen LogP contribution in [0.5, 0.6) is 0 Å². The van der Waals surface area contributed by atoms with Crippen LogP contribution in [0.3, 0.4) is 0 Å². The van der Waals surface area contributed by atoms with Gasteiger partial charge in [0.25, 0.3) is 5.91 Å². The summed E-state index contributed by atoms with van der Waals surface area (Å²) in [6.45, 7) is 1.37. The van der Waals surface area contributed by atoms with E-state index in [1.54, 1.807) is 24.0 Å². The van der Waals surface area contributed by atoms with Crippen LogP contribution in [0.25, 0.3) is 0 Å². The lowest BCUT2D eigenvalue weighted by molar-refractivity contribution is -0.154. The zero-order chi connectivity index (χ0) is 18.3. The molecule has 11 heteroatoms. The van der Waals surface area contributed by atoms with Gasteiger partial charge in [0.2, 0.25) is 5.91 Å². The Bertz CT molecular complexity index is 777. The SMILES string of the molecule is COC1=C(C(=O)O)N2C(=O)[C@@H](N(Sc3nccn3C)C(C)=O)[C@H]2SC1. The number of thioether (sulfide) groups is 1. The van der Waals surface area contributed by atoms with Crippen LogP contribution >= 0.6 is 23.7 Å². The summed E-state index contributed by atoms with van der Waals surface area (Å²) in [6.07, 6.45) is 3.34. The molecule has 3 heterocycles. The Morgan fingerprint density at radius 3 is 2.76 bits per heavy atom. The number of nitrogens with zero attached hydrogens (tertiary/aromatic N) is 4. The van der Waals surface area contributed by atoms with Crippen LogP contribution < -0.4 is 0 Å². The summed E-state index contributed by atoms with van der Waals surface area (Å²) in [5, 5.41) is 9.52. The number of carboxylic acids is 1. The number of hydrogen-bond donors (Lipinski definition) is 1. The van der Waals surface area contributed by atoms with Gasteiger partial charge in [0, 0.05) is 38.3 Å². The minimum atomic E-state index is -1.22. The predicted octanol–water partition coefficient (Wildman–Crippen LogP) is 0.502. The third-order valence-corrected chi connectivity index (χ3v) is 6.35. The second-order valence-corrected chi connectivity index (χ2v) is 7.44. The van der Waals surface area contributed by atoms with Gasteiger partial charge in [-0.05, 0) is 0 Å². The fourth-order valence-electron chi connectivity index (χ4n) is 2.65. The number of carbonyl (C=O) groups is 3. The number of aryl methyl sites for hydroxylation is 1. The topological polar surface area (TPSA) is 105 Å². The summed E-state index contributed by atoms with van der Waals surface area (Å²) in [5.41, 5.74) is -0.155. The van der Waals surface area contributed by atoms with Crippen molar-refractivity contribution in [3.63, 3.8) is 0 Å². The summed E-state index contributed by atoms with van der Waals surface area (Å²) >= 11 is 2.44. The Kier molecular flexibility index (Phi) is 4.69. The Balaban J connectivity index is 1.88. The number of imidazole rings is 1. The average Bonchev–Trinajstić information content (AvgIpc) is 2.97. The van der Waals surface area contributed by atoms with E-state index in [-0.39, 0.29) is 17.4 Å². The molecule has 1 N–H and O–H groups in total. The van der Waals surface area contributed by atoms with Gasteiger partial charge in [-0.1, -0.05) is 0 Å². The molecule has 134 valence electrons. The fraction of sp³-hybridized carbons (Fsp3) is 0.429. The lowest BCUT2D eigenvalue weighted by Crippen LogP contribution is -2.70. The molecule has 0 radical (unpaired) electrons. The van der Waals surface area contributed by atoms with Crippen molar-refractivity contribution < 1.29 is 24.2 Å². The molecule has 1 aromatic rings. The molecule has 0 saturated carbocycles. The van der Waals surface area contributed by atoms with E-state index < -0.39 is 23.3 Å². The van der Waals surface area contributed by atoms with Gasteiger partial charge in [-0.3, -0.25) is 18.8 Å². The van der Waals surface area contributed by atoms with Crippen LogP contribution in [0.2, 0.25) is 0 Å². The molecule has 1 fully saturated rings. The molecule has 25 heavy (non-hydrogen) atoms. The maximum atomic E-state index is 12.7. The number of carboxylic acid groups (broad SMARTS) is 1. The molecular weight excluding hydrogens is 368 g/mol. The highest BCUT2D eigenvalue weighted by Gasteiger charge is 2.57. The van der Waals surface area contributed by atoms with E-state index in [1.807, 2.05) is 0 Å². The number of fused-ring (bicyclic) bond motifs is 1. The molecule has 2 atom stereocenters. The number of ether oxygens (including phenoxy) is 1. The van der Waals surface area contributed by atoms with Gasteiger partial charge >= 0.3 is 5.97 Å². The lowest BCUT2D eigenvalue weighted by Gasteiger charge is -2.51. The molecule has 0 bridgehead atoms. The van der Waals surface area contributed by atoms with Crippen molar-refractivity contribution >= 4 is 41.5 Å². The summed E-state index contributed by atoms with van der Waals surface area (Å²) in [5.74, 6) is -1.40. The summed E-state index contributed by atoms with van der Waals surface area (Å²) in [7, 11) is 3.16. The molecule has 1 aromatic heterocycles. The van der Waals surface area contributed by atoms with Gasteiger partial charge < -0.3 is 14.4 Å². The number of carbonyl (C=O) groups excluding carboxylic acids is 2. The van der Waals surface area contributed by atoms with Crippen LogP contribution in [0, 0.1) is 0 Å². The van der Waals surface area contributed by atoms with Crippen molar-refractivity contribution in [1.82, 2.24) is 18.8 Å². The van der Waals surface area contributed by atoms with Crippen molar-refractivity contribution in [1.29, 1.82) is 0 Å². The van der Waals surface area contributed by atoms with Crippen LogP contribution in [0.4, 0.5) is 0 Å². The van der Waals surface area contributed by atoms with Crippen LogP contribution in [0.15, 0.2) is 29.0 Å². The van der Waals surface area contributed by atoms with E-state index in [9.17, 15) is 19.5 Å². The van der Waals surface area contributed by atoms with Gasteiger partial charge in [0.05, 0.1) is 12.9 Å². The summed E-state index contributed by atoms with van der Waals surface area (Å²) < 4.78 is 8.19. The number of methoxy groups -OCH3 is 1. The molecule has 1 saturated heterocycles. The molecule has 9 nitrogen and oxygen atoms in total. The van der Waals surface area contributed by atoms with Crippen LogP contribution in [0.1, 0.15) is 6.92 Å². The maximum absolute atomic E-state index is 12.7. The van der Waals surface area contributed by atoms with Gasteiger partial charge in [0.15, 0.2) is 16.9 Å². The first kappa shape index (κ1) is 17.7. The normalized spacial score (nSPS) is 22.4. The highest BCUT2D eigenvalue weighted by molar-refractivity contribution is 8.00. The molecule has 2 aliphatic rings. The standard InChI is InChI=1S/C14H16N4O5S2/c1-7(19)18(25-14-15-4-5-16(14)2)10-11(20)17-9(13(21)22)8(23-3)6-24-12(10)17/h4-5,10,12H,6H2,1-3H3,(H,21,22)/t10-,12-/m1/s1. The summed E-state index contributed by atoms with van der Waals surface area (Å²) in [4.78, 5) is 41.6. The summed E-state index contributed by atoms with van der Waals surface area (Å²) in [6, 6.07) is -0.753. The first-order chi connectivity index (χ1) is 11.9. The Morgan fingerprint density at radius 2 is 2.24 bits per heavy atom. The van der Waals surface area contributed by atoms with Crippen molar-refractivity contribution in [2.75, 3.05) is 12.9 Å². The van der Waals surface area contributed by atoms with Gasteiger partial charge in [-0.25, -0.2) is 9.78 Å². The third-order valence-electron chi connectivity index (χ3n) is 3.87. The minimum Gasteiger partial charge on any atom is -0.498 e. The van der Waals surface area contributed by atoms with Crippen molar-refractivity contribution in [2.45, 2.75) is 23.5 Å². The smallest absolute Gasteiger partial charge is 0.356 e. The minimum absolute atomic E-state index is 0.155. The average molecular weight is 384 g/mol. The highest BCUT2D eigenvalue weighted by atomic mass is 32.2. The van der Waals surface area contributed by atoms with Crippen molar-refractivity contribution in [3.8, 4) is 0 Å². The van der Waals surface area contributed by atoms with E-state index >= 15 is 0 Å². The molecule has 0 unspecified atom stereocenters. The van der Waals surface area contributed by atoms with E-state index in [1.165, 1.54) is 35.0 Å². The van der Waals surface area contributed by atoms with E-state index in [0.29, 0.717) is 10.9 Å². The zero-order valence-electron chi connectivity index (χ0n) is 13.7. The lowest BCUT2D eigenvalue weighted by atomic mass is 10.0. The predicted molar refractivity (Wildman–Crippen MR) is 90.1 cm³/mol. The number of aliphatic carboxylic acids is 1. The highest BCUT2D eigenvalue weighted by Crippen LogP contribution is 2.44. The van der Waals surface area contributed by atoms with Crippen LogP contribution in [-0.2, 0) is 26.2 Å². The monoisotopic (exact) mass is 384 g/mol. The van der Waals surface area contributed by atoms with Crippen molar-refractivity contribution in [2.24, 2.45) is 7.05 Å². The first-order valence-corrected chi connectivity index (χ1v) is 9.09. The number of β-lactam (4-membered cyclic amide) rings is 1. The first-order valence-electron chi connectivity index (χ1n) is 7.27. The molecule has 2 amide bonds. The largest absolute Gasteiger partial charge is 0.498 e. The number of rotatable bonds is 5. The second-order valence-electron chi connectivity index (χ2n) is 5.39. The van der Waals surface area contributed by atoms with Gasteiger partial charge in [-0.15, -0.1) is 11.8 Å². The molecule has 0 aliphatic carbocycles. The molecule has 0 aromatic carbocycles. The fourth-order valence-corrected chi connectivity index (χ4v) is 5.01. The van der Waals surface area contributed by atoms with Crippen LogP contribution in [-0.4, -0.2) is 65.9 Å². The molecule has 3 rings (SSSR count). The quantitative estimate of drug-likeness (QED) is 0.578.